The van der Waals surface area contributed by atoms with E-state index in [1.165, 1.54) is 0 Å². The summed E-state index contributed by atoms with van der Waals surface area (Å²) in [7, 11) is 3.19. The Morgan fingerprint density at radius 3 is 2.67 bits per heavy atom. The second-order valence-corrected chi connectivity index (χ2v) is 4.59. The van der Waals surface area contributed by atoms with E-state index < -0.39 is 0 Å². The summed E-state index contributed by atoms with van der Waals surface area (Å²) in [5, 5.41) is 0. The molecule has 0 spiro atoms. The molecule has 2 rings (SSSR count). The Morgan fingerprint density at radius 2 is 2.05 bits per heavy atom. The largest absolute Gasteiger partial charge is 0.497 e. The van der Waals surface area contributed by atoms with Gasteiger partial charge in [-0.25, -0.2) is 4.79 Å². The summed E-state index contributed by atoms with van der Waals surface area (Å²) in [6.07, 6.45) is 1.79. The predicted molar refractivity (Wildman–Crippen MR) is 81.2 cm³/mol. The number of hydrogen-bond donors (Lipinski definition) is 0. The molecule has 5 heteroatoms. The molecule has 1 aromatic rings. The summed E-state index contributed by atoms with van der Waals surface area (Å²) < 4.78 is 15.8. The molecule has 1 aromatic carbocycles. The fourth-order valence-corrected chi connectivity index (χ4v) is 2.25. The standard InChI is InChI=1S/C16H19NO4/c1-5-21-16(18)12-6-11-7-13(19-3)8-14(20-4)15(11)10(2)17-9-12/h6-8H,5,9H2,1-4H3. The predicted octanol–water partition coefficient (Wildman–Crippen LogP) is 2.47. The third-order valence-electron chi connectivity index (χ3n) is 3.28. The normalized spacial score (nSPS) is 13.5. The third-order valence-corrected chi connectivity index (χ3v) is 3.28. The number of nitrogens with zero attached hydrogens (tertiary/aromatic N) is 1. The van der Waals surface area contributed by atoms with Crippen LogP contribution < -0.4 is 9.47 Å². The molecule has 0 unspecified atom stereocenters. The highest BCUT2D eigenvalue weighted by molar-refractivity contribution is 6.07. The maximum absolute atomic E-state index is 12.0. The Labute approximate surface area is 124 Å². The van der Waals surface area contributed by atoms with Crippen LogP contribution in [0.25, 0.3) is 6.08 Å². The molecule has 5 nitrogen and oxygen atoms in total. The monoisotopic (exact) mass is 289 g/mol. The fourth-order valence-electron chi connectivity index (χ4n) is 2.25. The zero-order chi connectivity index (χ0) is 15.4. The van der Waals surface area contributed by atoms with Gasteiger partial charge in [0, 0.05) is 17.3 Å². The van der Waals surface area contributed by atoms with Gasteiger partial charge in [-0.2, -0.15) is 0 Å². The number of ether oxygens (including phenoxy) is 3. The Bertz CT molecular complexity index is 617. The van der Waals surface area contributed by atoms with Crippen molar-refractivity contribution in [1.29, 1.82) is 0 Å². The van der Waals surface area contributed by atoms with Crippen molar-refractivity contribution in [3.63, 3.8) is 0 Å². The zero-order valence-corrected chi connectivity index (χ0v) is 12.7. The van der Waals surface area contributed by atoms with E-state index in [-0.39, 0.29) is 5.97 Å². The summed E-state index contributed by atoms with van der Waals surface area (Å²) in [6.45, 7) is 4.32. The Hall–Kier alpha value is -2.30. The van der Waals surface area contributed by atoms with E-state index in [1.807, 2.05) is 13.0 Å². The van der Waals surface area contributed by atoms with E-state index in [0.29, 0.717) is 30.2 Å². The van der Waals surface area contributed by atoms with Crippen LogP contribution in [0.15, 0.2) is 22.7 Å². The minimum Gasteiger partial charge on any atom is -0.497 e. The first kappa shape index (κ1) is 15.1. The molecule has 0 saturated heterocycles. The minimum atomic E-state index is -0.344. The van der Waals surface area contributed by atoms with Crippen LogP contribution in [0.1, 0.15) is 25.0 Å². The summed E-state index contributed by atoms with van der Waals surface area (Å²) in [4.78, 5) is 16.4. The molecule has 0 radical (unpaired) electrons. The maximum atomic E-state index is 12.0. The van der Waals surface area contributed by atoms with Gasteiger partial charge in [0.15, 0.2) is 0 Å². The van der Waals surface area contributed by atoms with Crippen molar-refractivity contribution < 1.29 is 19.0 Å². The van der Waals surface area contributed by atoms with Gasteiger partial charge in [-0.05, 0) is 31.6 Å². The number of hydrogen-bond acceptors (Lipinski definition) is 5. The number of benzene rings is 1. The van der Waals surface area contributed by atoms with E-state index in [1.54, 1.807) is 33.3 Å². The van der Waals surface area contributed by atoms with Crippen LogP contribution in [0.3, 0.4) is 0 Å². The van der Waals surface area contributed by atoms with Gasteiger partial charge < -0.3 is 14.2 Å². The van der Waals surface area contributed by atoms with Crippen LogP contribution in [-0.4, -0.2) is 39.1 Å². The van der Waals surface area contributed by atoms with Crippen LogP contribution >= 0.6 is 0 Å². The molecule has 0 aromatic heterocycles. The fraction of sp³-hybridized carbons (Fsp3) is 0.375. The van der Waals surface area contributed by atoms with Crippen molar-refractivity contribution in [2.45, 2.75) is 13.8 Å². The summed E-state index contributed by atoms with van der Waals surface area (Å²) in [6, 6.07) is 3.67. The highest BCUT2D eigenvalue weighted by Gasteiger charge is 2.20. The van der Waals surface area contributed by atoms with E-state index in [4.69, 9.17) is 14.2 Å². The number of carbonyl (C=O) groups excluding carboxylic acids is 1. The number of aliphatic imine (C=N–C) groups is 1. The molecule has 0 N–H and O–H groups in total. The number of rotatable bonds is 4. The van der Waals surface area contributed by atoms with Gasteiger partial charge in [0.25, 0.3) is 0 Å². The Balaban J connectivity index is 2.58. The number of fused-ring (bicyclic) bond motifs is 1. The molecule has 1 aliphatic rings. The average molecular weight is 289 g/mol. The quantitative estimate of drug-likeness (QED) is 0.799. The molecule has 0 bridgehead atoms. The van der Waals surface area contributed by atoms with E-state index in [2.05, 4.69) is 4.99 Å². The molecule has 0 saturated carbocycles. The number of carbonyl (C=O) groups is 1. The number of esters is 1. The highest BCUT2D eigenvalue weighted by Crippen LogP contribution is 2.32. The third kappa shape index (κ3) is 3.07. The maximum Gasteiger partial charge on any atom is 0.335 e. The van der Waals surface area contributed by atoms with Gasteiger partial charge in [0.1, 0.15) is 11.5 Å². The average Bonchev–Trinajstić information content (AvgIpc) is 2.66. The van der Waals surface area contributed by atoms with Crippen LogP contribution in [0, 0.1) is 0 Å². The van der Waals surface area contributed by atoms with Gasteiger partial charge in [0.2, 0.25) is 0 Å². The lowest BCUT2D eigenvalue weighted by atomic mass is 10.0. The Kier molecular flexibility index (Phi) is 4.62. The van der Waals surface area contributed by atoms with Crippen LogP contribution in [0.5, 0.6) is 11.5 Å². The second kappa shape index (κ2) is 6.43. The lowest BCUT2D eigenvalue weighted by Crippen LogP contribution is -2.09. The Morgan fingerprint density at radius 1 is 1.29 bits per heavy atom. The van der Waals surface area contributed by atoms with Crippen molar-refractivity contribution >= 4 is 17.8 Å². The first-order valence-electron chi connectivity index (χ1n) is 6.75. The van der Waals surface area contributed by atoms with Crippen molar-refractivity contribution in [2.75, 3.05) is 27.4 Å². The summed E-state index contributed by atoms with van der Waals surface area (Å²) in [5.74, 6) is 0.996. The van der Waals surface area contributed by atoms with E-state index in [9.17, 15) is 4.79 Å². The van der Waals surface area contributed by atoms with Gasteiger partial charge in [0.05, 0.1) is 32.9 Å². The molecule has 0 amide bonds. The molecule has 1 heterocycles. The van der Waals surface area contributed by atoms with Crippen molar-refractivity contribution in [3.05, 3.63) is 28.8 Å². The van der Waals surface area contributed by atoms with Gasteiger partial charge in [-0.3, -0.25) is 4.99 Å². The lowest BCUT2D eigenvalue weighted by molar-refractivity contribution is -0.138. The molecule has 112 valence electrons. The molecule has 0 aliphatic carbocycles. The van der Waals surface area contributed by atoms with Crippen molar-refractivity contribution in [2.24, 2.45) is 4.99 Å². The first-order valence-corrected chi connectivity index (χ1v) is 6.75. The van der Waals surface area contributed by atoms with Gasteiger partial charge in [-0.1, -0.05) is 0 Å². The first-order chi connectivity index (χ1) is 10.1. The van der Waals surface area contributed by atoms with Crippen LogP contribution in [-0.2, 0) is 9.53 Å². The van der Waals surface area contributed by atoms with Crippen LogP contribution in [0.4, 0.5) is 0 Å². The molecular formula is C16H19NO4. The molecule has 1 aliphatic heterocycles. The second-order valence-electron chi connectivity index (χ2n) is 4.59. The topological polar surface area (TPSA) is 57.1 Å². The van der Waals surface area contributed by atoms with Gasteiger partial charge in [-0.15, -0.1) is 0 Å². The summed E-state index contributed by atoms with van der Waals surface area (Å²) in [5.41, 5.74) is 3.05. The smallest absolute Gasteiger partial charge is 0.335 e. The minimum absolute atomic E-state index is 0.296. The van der Waals surface area contributed by atoms with E-state index in [0.717, 1.165) is 16.8 Å². The van der Waals surface area contributed by atoms with Crippen molar-refractivity contribution in [1.82, 2.24) is 0 Å². The van der Waals surface area contributed by atoms with Crippen molar-refractivity contribution in [3.8, 4) is 11.5 Å². The highest BCUT2D eigenvalue weighted by atomic mass is 16.5. The molecule has 21 heavy (non-hydrogen) atoms. The molecule has 0 atom stereocenters. The summed E-state index contributed by atoms with van der Waals surface area (Å²) >= 11 is 0. The zero-order valence-electron chi connectivity index (χ0n) is 12.7. The van der Waals surface area contributed by atoms with Crippen LogP contribution in [0.2, 0.25) is 0 Å². The van der Waals surface area contributed by atoms with E-state index >= 15 is 0 Å². The molecular weight excluding hydrogens is 270 g/mol. The lowest BCUT2D eigenvalue weighted by Gasteiger charge is -2.13. The van der Waals surface area contributed by atoms with Gasteiger partial charge >= 0.3 is 5.97 Å². The number of methoxy groups -OCH3 is 2. The molecule has 0 fully saturated rings. The SMILES string of the molecule is CCOC(=O)C1=Cc2cc(OC)cc(OC)c2C(C)=NC1.